The Morgan fingerprint density at radius 1 is 0.833 bits per heavy atom. The van der Waals surface area contributed by atoms with Gasteiger partial charge in [0.2, 0.25) is 5.91 Å². The molecule has 0 heterocycles. The van der Waals surface area contributed by atoms with Crippen LogP contribution in [0.4, 0.5) is 5.69 Å². The highest BCUT2D eigenvalue weighted by molar-refractivity contribution is 6.04. The van der Waals surface area contributed by atoms with Gasteiger partial charge in [-0.1, -0.05) is 72.8 Å². The maximum Gasteiger partial charge on any atom is 0.253 e. The van der Waals surface area contributed by atoms with E-state index in [4.69, 9.17) is 0 Å². The summed E-state index contributed by atoms with van der Waals surface area (Å²) in [5, 5.41) is 8.98. The molecule has 0 aliphatic carbocycles. The van der Waals surface area contributed by atoms with Crippen LogP contribution in [-0.2, 0) is 11.2 Å². The van der Waals surface area contributed by atoms with Gasteiger partial charge in [0.25, 0.3) is 5.91 Å². The van der Waals surface area contributed by atoms with Crippen molar-refractivity contribution in [2.45, 2.75) is 19.4 Å². The van der Waals surface area contributed by atoms with E-state index in [2.05, 4.69) is 16.0 Å². The summed E-state index contributed by atoms with van der Waals surface area (Å²) in [6.07, 6.45) is 0.752. The molecule has 0 aliphatic rings. The zero-order chi connectivity index (χ0) is 21.2. The van der Waals surface area contributed by atoms with Crippen LogP contribution in [0.25, 0.3) is 0 Å². The Kier molecular flexibility index (Phi) is 7.75. The van der Waals surface area contributed by atoms with Gasteiger partial charge >= 0.3 is 0 Å². The van der Waals surface area contributed by atoms with E-state index in [0.29, 0.717) is 17.8 Å². The van der Waals surface area contributed by atoms with E-state index in [1.165, 1.54) is 0 Å². The van der Waals surface area contributed by atoms with Crippen molar-refractivity contribution < 1.29 is 9.59 Å². The van der Waals surface area contributed by atoms with E-state index >= 15 is 0 Å². The van der Waals surface area contributed by atoms with Gasteiger partial charge in [-0.05, 0) is 36.6 Å². The predicted octanol–water partition coefficient (Wildman–Crippen LogP) is 3.95. The molecule has 0 aliphatic heterocycles. The maximum atomic E-state index is 12.6. The van der Waals surface area contributed by atoms with Gasteiger partial charge in [-0.2, -0.15) is 0 Å². The third-order valence-corrected chi connectivity index (χ3v) is 4.86. The van der Waals surface area contributed by atoms with Crippen molar-refractivity contribution >= 4 is 17.5 Å². The lowest BCUT2D eigenvalue weighted by Gasteiger charge is -2.15. The predicted molar refractivity (Wildman–Crippen MR) is 120 cm³/mol. The van der Waals surface area contributed by atoms with Gasteiger partial charge in [0.1, 0.15) is 0 Å². The van der Waals surface area contributed by atoms with Crippen molar-refractivity contribution in [2.75, 3.05) is 18.4 Å². The van der Waals surface area contributed by atoms with Crippen LogP contribution in [0.15, 0.2) is 84.9 Å². The largest absolute Gasteiger partial charge is 0.352 e. The van der Waals surface area contributed by atoms with Gasteiger partial charge in [-0.25, -0.2) is 0 Å². The van der Waals surface area contributed by atoms with Crippen LogP contribution in [-0.4, -0.2) is 24.9 Å². The van der Waals surface area contributed by atoms with Gasteiger partial charge in [0, 0.05) is 12.6 Å². The van der Waals surface area contributed by atoms with Crippen molar-refractivity contribution in [1.82, 2.24) is 10.6 Å². The van der Waals surface area contributed by atoms with Gasteiger partial charge in [0.15, 0.2) is 0 Å². The molecule has 0 saturated heterocycles. The Hall–Kier alpha value is -3.44. The minimum Gasteiger partial charge on any atom is -0.352 e. The molecular weight excluding hydrogens is 374 g/mol. The van der Waals surface area contributed by atoms with Crippen molar-refractivity contribution in [2.24, 2.45) is 0 Å². The summed E-state index contributed by atoms with van der Waals surface area (Å²) in [5.41, 5.74) is 3.24. The average Bonchev–Trinajstić information content (AvgIpc) is 2.79. The Labute approximate surface area is 177 Å². The minimum absolute atomic E-state index is 0.0495. The highest BCUT2D eigenvalue weighted by atomic mass is 16.2. The average molecular weight is 402 g/mol. The van der Waals surface area contributed by atoms with E-state index in [0.717, 1.165) is 17.5 Å². The van der Waals surface area contributed by atoms with Crippen LogP contribution in [0.1, 0.15) is 34.5 Å². The molecule has 0 radical (unpaired) electrons. The first-order valence-corrected chi connectivity index (χ1v) is 10.1. The molecule has 0 bridgehead atoms. The van der Waals surface area contributed by atoms with Crippen LogP contribution in [0, 0.1) is 0 Å². The molecule has 3 aromatic carbocycles. The van der Waals surface area contributed by atoms with Crippen molar-refractivity contribution in [3.8, 4) is 0 Å². The van der Waals surface area contributed by atoms with Crippen LogP contribution >= 0.6 is 0 Å². The molecule has 154 valence electrons. The van der Waals surface area contributed by atoms with E-state index in [1.807, 2.05) is 67.6 Å². The van der Waals surface area contributed by atoms with Gasteiger partial charge in [-0.3, -0.25) is 9.59 Å². The fourth-order valence-corrected chi connectivity index (χ4v) is 3.15. The number of carbonyl (C=O) groups is 2. The fraction of sp³-hybridized carbons (Fsp3) is 0.200. The lowest BCUT2D eigenvalue weighted by molar-refractivity contribution is -0.115. The maximum absolute atomic E-state index is 12.6. The molecule has 1 atom stereocenters. The van der Waals surface area contributed by atoms with Crippen LogP contribution < -0.4 is 16.0 Å². The quantitative estimate of drug-likeness (QED) is 0.508. The lowest BCUT2D eigenvalue weighted by atomic mass is 10.1. The van der Waals surface area contributed by atoms with Gasteiger partial charge < -0.3 is 16.0 Å². The summed E-state index contributed by atoms with van der Waals surface area (Å²) < 4.78 is 0. The summed E-state index contributed by atoms with van der Waals surface area (Å²) in [7, 11) is 0. The number of benzene rings is 3. The molecule has 0 unspecified atom stereocenters. The van der Waals surface area contributed by atoms with Crippen LogP contribution in [0.2, 0.25) is 0 Å². The fourth-order valence-electron chi connectivity index (χ4n) is 3.15. The summed E-state index contributed by atoms with van der Waals surface area (Å²) in [6, 6.07) is 27.0. The van der Waals surface area contributed by atoms with E-state index in [9.17, 15) is 9.59 Å². The molecular formula is C25H27N3O2. The normalized spacial score (nSPS) is 11.5. The number of hydrogen-bond acceptors (Lipinski definition) is 3. The second kappa shape index (κ2) is 10.9. The number of rotatable bonds is 9. The van der Waals surface area contributed by atoms with E-state index in [-0.39, 0.29) is 24.4 Å². The second-order valence-corrected chi connectivity index (χ2v) is 7.10. The summed E-state index contributed by atoms with van der Waals surface area (Å²) >= 11 is 0. The van der Waals surface area contributed by atoms with Gasteiger partial charge in [0.05, 0.1) is 17.8 Å². The third-order valence-electron chi connectivity index (χ3n) is 4.86. The zero-order valence-corrected chi connectivity index (χ0v) is 17.1. The highest BCUT2D eigenvalue weighted by Gasteiger charge is 2.13. The molecule has 0 saturated carbocycles. The van der Waals surface area contributed by atoms with E-state index < -0.39 is 0 Å². The Morgan fingerprint density at radius 2 is 1.47 bits per heavy atom. The molecule has 2 amide bonds. The number of amides is 2. The molecule has 3 N–H and O–H groups in total. The zero-order valence-electron chi connectivity index (χ0n) is 17.1. The molecule has 30 heavy (non-hydrogen) atoms. The summed E-state index contributed by atoms with van der Waals surface area (Å²) in [5.74, 6) is -0.394. The SMILES string of the molecule is C[C@@H](NCC(=O)Nc1ccccc1C(=O)NCCc1ccccc1)c1ccccc1. The van der Waals surface area contributed by atoms with Crippen molar-refractivity contribution in [3.63, 3.8) is 0 Å². The number of nitrogens with one attached hydrogen (secondary N) is 3. The first-order chi connectivity index (χ1) is 14.6. The molecule has 0 spiro atoms. The van der Waals surface area contributed by atoms with Crippen molar-refractivity contribution in [1.29, 1.82) is 0 Å². The number of hydrogen-bond donors (Lipinski definition) is 3. The molecule has 0 fully saturated rings. The summed E-state index contributed by atoms with van der Waals surface area (Å²) in [4.78, 5) is 25.0. The standard InChI is InChI=1S/C25H27N3O2/c1-19(21-12-6-3-7-13-21)27-18-24(29)28-23-15-9-8-14-22(23)25(30)26-17-16-20-10-4-2-5-11-20/h2-15,19,27H,16-18H2,1H3,(H,26,30)(H,28,29)/t19-/m1/s1. The number of para-hydroxylation sites is 1. The molecule has 3 rings (SSSR count). The first kappa shape index (κ1) is 21.3. The van der Waals surface area contributed by atoms with Crippen LogP contribution in [0.3, 0.4) is 0 Å². The summed E-state index contributed by atoms with van der Waals surface area (Å²) in [6.45, 7) is 2.69. The Morgan fingerprint density at radius 3 is 2.20 bits per heavy atom. The molecule has 3 aromatic rings. The number of carbonyl (C=O) groups excluding carboxylic acids is 2. The Bertz CT molecular complexity index is 958. The Balaban J connectivity index is 1.52. The smallest absolute Gasteiger partial charge is 0.253 e. The molecule has 0 aromatic heterocycles. The van der Waals surface area contributed by atoms with E-state index in [1.54, 1.807) is 24.3 Å². The number of anilines is 1. The third kappa shape index (κ3) is 6.29. The molecule has 5 nitrogen and oxygen atoms in total. The van der Waals surface area contributed by atoms with Crippen LogP contribution in [0.5, 0.6) is 0 Å². The minimum atomic E-state index is -0.201. The van der Waals surface area contributed by atoms with Crippen molar-refractivity contribution in [3.05, 3.63) is 102 Å². The first-order valence-electron chi connectivity index (χ1n) is 10.1. The topological polar surface area (TPSA) is 70.2 Å². The monoisotopic (exact) mass is 401 g/mol. The highest BCUT2D eigenvalue weighted by Crippen LogP contribution is 2.15. The lowest BCUT2D eigenvalue weighted by Crippen LogP contribution is -2.31. The second-order valence-electron chi connectivity index (χ2n) is 7.10. The molecule has 5 heteroatoms. The van der Waals surface area contributed by atoms with Gasteiger partial charge in [-0.15, -0.1) is 0 Å².